The summed E-state index contributed by atoms with van der Waals surface area (Å²) in [4.78, 5) is 29.9. The predicted octanol–water partition coefficient (Wildman–Crippen LogP) is 3.41. The summed E-state index contributed by atoms with van der Waals surface area (Å²) in [7, 11) is -2.13. The van der Waals surface area contributed by atoms with Crippen molar-refractivity contribution in [1.82, 2.24) is 14.1 Å². The number of amides is 2. The molecule has 1 aromatic carbocycles. The molecule has 208 valence electrons. The second kappa shape index (κ2) is 14.2. The highest BCUT2D eigenvalue weighted by Gasteiger charge is 2.32. The molecule has 2 amide bonds. The Balaban J connectivity index is 1.68. The summed E-state index contributed by atoms with van der Waals surface area (Å²) < 4.78 is 45.4. The van der Waals surface area contributed by atoms with Crippen LogP contribution in [0.15, 0.2) is 24.3 Å². The molecule has 0 unspecified atom stereocenters. The van der Waals surface area contributed by atoms with Crippen LogP contribution in [0.3, 0.4) is 0 Å². The molecule has 0 atom stereocenters. The fourth-order valence-corrected chi connectivity index (χ4v) is 6.42. The molecule has 1 saturated heterocycles. The molecule has 8 nitrogen and oxygen atoms in total. The first kappa shape index (κ1) is 29.5. The van der Waals surface area contributed by atoms with Gasteiger partial charge in [0.05, 0.1) is 18.9 Å². The van der Waals surface area contributed by atoms with E-state index in [-0.39, 0.29) is 55.7 Å². The quantitative estimate of drug-likeness (QED) is 0.383. The summed E-state index contributed by atoms with van der Waals surface area (Å²) in [6.45, 7) is 2.81. The number of rotatable bonds is 13. The van der Waals surface area contributed by atoms with Crippen molar-refractivity contribution in [3.8, 4) is 0 Å². The highest BCUT2D eigenvalue weighted by atomic mass is 32.2. The van der Waals surface area contributed by atoms with Crippen molar-refractivity contribution >= 4 is 21.8 Å². The van der Waals surface area contributed by atoms with Crippen molar-refractivity contribution in [2.75, 3.05) is 45.6 Å². The van der Waals surface area contributed by atoms with Crippen molar-refractivity contribution in [1.29, 1.82) is 0 Å². The van der Waals surface area contributed by atoms with Crippen molar-refractivity contribution in [3.63, 3.8) is 0 Å². The van der Waals surface area contributed by atoms with Gasteiger partial charge in [0.15, 0.2) is 0 Å². The molecule has 0 aromatic heterocycles. The van der Waals surface area contributed by atoms with Crippen LogP contribution in [0, 0.1) is 11.7 Å². The molecule has 0 radical (unpaired) electrons. The van der Waals surface area contributed by atoms with E-state index >= 15 is 0 Å². The summed E-state index contributed by atoms with van der Waals surface area (Å²) in [5.41, 5.74) is 0.644. The van der Waals surface area contributed by atoms with Gasteiger partial charge in [-0.1, -0.05) is 37.8 Å². The Morgan fingerprint density at radius 3 is 2.46 bits per heavy atom. The topological polar surface area (TPSA) is 87.2 Å². The van der Waals surface area contributed by atoms with E-state index in [1.165, 1.54) is 49.2 Å². The van der Waals surface area contributed by atoms with Gasteiger partial charge in [-0.3, -0.25) is 9.59 Å². The molecule has 1 aliphatic carbocycles. The SMILES string of the molecule is CCS(=O)(=O)N(CCOC)CC(=O)N(Cc1cccc(F)c1)C1CCN(C(=O)CCC2CCCC2)CC1. The van der Waals surface area contributed by atoms with Crippen LogP contribution in [0.2, 0.25) is 0 Å². The maximum atomic E-state index is 13.9. The standard InChI is InChI=1S/C27H42FN3O5S/c1-3-37(34,35)30(17-18-36-2)21-27(33)31(20-23-9-6-10-24(28)19-23)25-13-15-29(16-14-25)26(32)12-11-22-7-4-5-8-22/h6,9-10,19,22,25H,3-5,7-8,11-18,20-21H2,1-2H3. The maximum Gasteiger partial charge on any atom is 0.238 e. The summed E-state index contributed by atoms with van der Waals surface area (Å²) in [5.74, 6) is 0.00984. The number of hydrogen-bond acceptors (Lipinski definition) is 5. The van der Waals surface area contributed by atoms with Crippen LogP contribution in [0.1, 0.15) is 63.9 Å². The second-order valence-corrected chi connectivity index (χ2v) is 12.4. The van der Waals surface area contributed by atoms with Crippen molar-refractivity contribution in [2.45, 2.75) is 70.9 Å². The van der Waals surface area contributed by atoms with E-state index in [4.69, 9.17) is 4.74 Å². The Hall–Kier alpha value is -2.04. The smallest absolute Gasteiger partial charge is 0.238 e. The fourth-order valence-electron chi connectivity index (χ4n) is 5.40. The normalized spacial score (nSPS) is 17.5. The highest BCUT2D eigenvalue weighted by molar-refractivity contribution is 7.89. The Morgan fingerprint density at radius 1 is 1.14 bits per heavy atom. The first-order valence-electron chi connectivity index (χ1n) is 13.5. The number of benzene rings is 1. The third-order valence-corrected chi connectivity index (χ3v) is 9.50. The van der Waals surface area contributed by atoms with Crippen LogP contribution in [0.5, 0.6) is 0 Å². The number of halogens is 1. The Morgan fingerprint density at radius 2 is 1.84 bits per heavy atom. The largest absolute Gasteiger partial charge is 0.383 e. The van der Waals surface area contributed by atoms with Gasteiger partial charge in [-0.2, -0.15) is 4.31 Å². The summed E-state index contributed by atoms with van der Waals surface area (Å²) in [6, 6.07) is 5.95. The molecule has 0 bridgehead atoms. The van der Waals surface area contributed by atoms with E-state index in [1.54, 1.807) is 24.0 Å². The molecule has 1 heterocycles. The lowest BCUT2D eigenvalue weighted by Gasteiger charge is -2.39. The van der Waals surface area contributed by atoms with E-state index in [0.29, 0.717) is 43.8 Å². The molecule has 1 saturated carbocycles. The van der Waals surface area contributed by atoms with Gasteiger partial charge in [-0.05, 0) is 49.8 Å². The summed E-state index contributed by atoms with van der Waals surface area (Å²) in [5, 5.41) is 0. The zero-order valence-corrected chi connectivity index (χ0v) is 23.1. The number of hydrogen-bond donors (Lipinski definition) is 0. The van der Waals surface area contributed by atoms with Crippen molar-refractivity contribution < 1.29 is 27.1 Å². The van der Waals surface area contributed by atoms with Gasteiger partial charge in [0, 0.05) is 45.8 Å². The molecular formula is C27H42FN3O5S. The average Bonchev–Trinajstić information content (AvgIpc) is 3.42. The second-order valence-electron chi connectivity index (χ2n) is 10.2. The van der Waals surface area contributed by atoms with Gasteiger partial charge in [-0.25, -0.2) is 12.8 Å². The maximum absolute atomic E-state index is 13.9. The minimum absolute atomic E-state index is 0.0835. The molecular weight excluding hydrogens is 497 g/mol. The van der Waals surface area contributed by atoms with Crippen LogP contribution in [0.4, 0.5) is 4.39 Å². The molecule has 2 aliphatic rings. The third kappa shape index (κ3) is 8.75. The van der Waals surface area contributed by atoms with Crippen LogP contribution in [-0.4, -0.2) is 86.0 Å². The molecule has 1 aliphatic heterocycles. The van der Waals surface area contributed by atoms with E-state index in [9.17, 15) is 22.4 Å². The van der Waals surface area contributed by atoms with Gasteiger partial charge >= 0.3 is 0 Å². The number of nitrogens with zero attached hydrogens (tertiary/aromatic N) is 3. The average molecular weight is 540 g/mol. The predicted molar refractivity (Wildman–Crippen MR) is 141 cm³/mol. The zero-order valence-electron chi connectivity index (χ0n) is 22.2. The van der Waals surface area contributed by atoms with Gasteiger partial charge in [0.25, 0.3) is 0 Å². The lowest BCUT2D eigenvalue weighted by atomic mass is 9.99. The fraction of sp³-hybridized carbons (Fsp3) is 0.704. The molecule has 2 fully saturated rings. The monoisotopic (exact) mass is 539 g/mol. The van der Waals surface area contributed by atoms with Crippen LogP contribution < -0.4 is 0 Å². The molecule has 0 N–H and O–H groups in total. The third-order valence-electron chi connectivity index (χ3n) is 7.68. The molecule has 1 aromatic rings. The van der Waals surface area contributed by atoms with Gasteiger partial charge < -0.3 is 14.5 Å². The lowest BCUT2D eigenvalue weighted by Crippen LogP contribution is -2.51. The number of sulfonamides is 1. The van der Waals surface area contributed by atoms with Gasteiger partial charge in [0.1, 0.15) is 5.82 Å². The van der Waals surface area contributed by atoms with Crippen LogP contribution in [0.25, 0.3) is 0 Å². The van der Waals surface area contributed by atoms with E-state index in [0.717, 1.165) is 6.42 Å². The van der Waals surface area contributed by atoms with E-state index < -0.39 is 10.0 Å². The first-order chi connectivity index (χ1) is 17.7. The molecule has 3 rings (SSSR count). The Kier molecular flexibility index (Phi) is 11.3. The minimum atomic E-state index is -3.61. The summed E-state index contributed by atoms with van der Waals surface area (Å²) >= 11 is 0. The van der Waals surface area contributed by atoms with E-state index in [1.807, 2.05) is 4.90 Å². The van der Waals surface area contributed by atoms with Crippen LogP contribution >= 0.6 is 0 Å². The molecule has 0 spiro atoms. The molecule has 10 heteroatoms. The number of likely N-dealkylation sites (tertiary alicyclic amines) is 1. The Bertz CT molecular complexity index is 992. The van der Waals surface area contributed by atoms with E-state index in [2.05, 4.69) is 0 Å². The zero-order chi connectivity index (χ0) is 26.8. The van der Waals surface area contributed by atoms with Crippen molar-refractivity contribution in [3.05, 3.63) is 35.6 Å². The number of methoxy groups -OCH3 is 1. The van der Waals surface area contributed by atoms with Gasteiger partial charge in [-0.15, -0.1) is 0 Å². The van der Waals surface area contributed by atoms with Crippen LogP contribution in [-0.2, 0) is 30.9 Å². The number of carbonyl (C=O) groups excluding carboxylic acids is 2. The van der Waals surface area contributed by atoms with Crippen molar-refractivity contribution in [2.24, 2.45) is 5.92 Å². The number of ether oxygens (including phenoxy) is 1. The number of piperidine rings is 1. The first-order valence-corrected chi connectivity index (χ1v) is 15.1. The summed E-state index contributed by atoms with van der Waals surface area (Å²) in [6.07, 6.45) is 7.72. The minimum Gasteiger partial charge on any atom is -0.383 e. The lowest BCUT2D eigenvalue weighted by molar-refractivity contribution is -0.137. The van der Waals surface area contributed by atoms with Gasteiger partial charge in [0.2, 0.25) is 21.8 Å². The highest BCUT2D eigenvalue weighted by Crippen LogP contribution is 2.29. The Labute approximate surface area is 221 Å². The number of carbonyl (C=O) groups is 2. The molecule has 37 heavy (non-hydrogen) atoms.